The molecule has 0 amide bonds. The van der Waals surface area contributed by atoms with Gasteiger partial charge in [0.1, 0.15) is 6.10 Å². The fourth-order valence-corrected chi connectivity index (χ4v) is 5.59. The van der Waals surface area contributed by atoms with Crippen LogP contribution in [0.2, 0.25) is 0 Å². The van der Waals surface area contributed by atoms with Crippen molar-refractivity contribution in [3.8, 4) is 0 Å². The summed E-state index contributed by atoms with van der Waals surface area (Å²) < 4.78 is 33.2. The average molecular weight is 684 g/mol. The summed E-state index contributed by atoms with van der Waals surface area (Å²) in [6, 6.07) is 0. The molecule has 0 bridgehead atoms. The van der Waals surface area contributed by atoms with Crippen LogP contribution < -0.4 is 5.73 Å². The Hall–Kier alpha value is -1.54. The Morgan fingerprint density at radius 3 is 1.70 bits per heavy atom. The van der Waals surface area contributed by atoms with Gasteiger partial charge in [0, 0.05) is 19.6 Å². The van der Waals surface area contributed by atoms with Crippen LogP contribution in [-0.4, -0.2) is 49.9 Å². The van der Waals surface area contributed by atoms with Gasteiger partial charge in [-0.3, -0.25) is 13.8 Å². The van der Waals surface area contributed by atoms with Crippen molar-refractivity contribution in [3.05, 3.63) is 48.6 Å². The van der Waals surface area contributed by atoms with E-state index in [0.29, 0.717) is 13.0 Å². The lowest BCUT2D eigenvalue weighted by molar-refractivity contribution is -0.154. The summed E-state index contributed by atoms with van der Waals surface area (Å²) in [7, 11) is -4.28. The molecular weight excluding hydrogens is 613 g/mol. The van der Waals surface area contributed by atoms with E-state index in [4.69, 9.17) is 24.3 Å². The molecule has 0 rings (SSSR count). The number of nitrogens with two attached hydrogens (primary N) is 1. The third kappa shape index (κ3) is 35.6. The summed E-state index contributed by atoms with van der Waals surface area (Å²) in [5, 5.41) is 0. The van der Waals surface area contributed by atoms with Gasteiger partial charge >= 0.3 is 13.8 Å². The highest BCUT2D eigenvalue weighted by Gasteiger charge is 2.25. The lowest BCUT2D eigenvalue weighted by Crippen LogP contribution is -2.28. The van der Waals surface area contributed by atoms with Gasteiger partial charge in [-0.1, -0.05) is 146 Å². The SMILES string of the molecule is CC/C=C\C/C=C\C/C=C\C/C=C\CCCOCC(COP(=O)(O)OCCN)OC(=O)CCCCCCCCCCCCCCCC. The van der Waals surface area contributed by atoms with E-state index in [0.717, 1.165) is 57.8 Å². The van der Waals surface area contributed by atoms with Crippen molar-refractivity contribution < 1.29 is 32.8 Å². The highest BCUT2D eigenvalue weighted by Crippen LogP contribution is 2.43. The van der Waals surface area contributed by atoms with Crippen molar-refractivity contribution >= 4 is 13.8 Å². The summed E-state index contributed by atoms with van der Waals surface area (Å²) in [6.07, 6.45) is 39.9. The van der Waals surface area contributed by atoms with Crippen molar-refractivity contribution in [1.82, 2.24) is 0 Å². The number of phosphoric acid groups is 1. The number of esters is 1. The first-order valence-corrected chi connectivity index (χ1v) is 20.1. The van der Waals surface area contributed by atoms with E-state index < -0.39 is 13.9 Å². The fourth-order valence-electron chi connectivity index (χ4n) is 4.82. The van der Waals surface area contributed by atoms with Gasteiger partial charge in [-0.15, -0.1) is 0 Å². The molecule has 0 aliphatic rings. The molecule has 0 saturated carbocycles. The molecule has 0 saturated heterocycles. The predicted octanol–water partition coefficient (Wildman–Crippen LogP) is 10.5. The van der Waals surface area contributed by atoms with Crippen LogP contribution >= 0.6 is 7.82 Å². The molecule has 2 atom stereocenters. The monoisotopic (exact) mass is 683 g/mol. The maximum absolute atomic E-state index is 12.5. The Morgan fingerprint density at radius 1 is 0.660 bits per heavy atom. The lowest BCUT2D eigenvalue weighted by atomic mass is 10.0. The number of rotatable bonds is 35. The van der Waals surface area contributed by atoms with E-state index in [1.165, 1.54) is 70.6 Å². The first kappa shape index (κ1) is 45.5. The van der Waals surface area contributed by atoms with Crippen LogP contribution in [0.3, 0.4) is 0 Å². The first-order chi connectivity index (χ1) is 22.9. The Bertz CT molecular complexity index is 859. The van der Waals surface area contributed by atoms with Crippen LogP contribution in [0, 0.1) is 0 Å². The summed E-state index contributed by atoms with van der Waals surface area (Å²) in [5.74, 6) is -0.350. The topological polar surface area (TPSA) is 117 Å². The van der Waals surface area contributed by atoms with E-state index in [1.807, 2.05) is 0 Å². The van der Waals surface area contributed by atoms with Gasteiger partial charge in [0.25, 0.3) is 0 Å². The molecule has 9 heteroatoms. The molecule has 47 heavy (non-hydrogen) atoms. The minimum atomic E-state index is -4.28. The quantitative estimate of drug-likeness (QED) is 0.0293. The molecule has 2 unspecified atom stereocenters. The summed E-state index contributed by atoms with van der Waals surface area (Å²) >= 11 is 0. The molecule has 3 N–H and O–H groups in total. The summed E-state index contributed by atoms with van der Waals surface area (Å²) in [6.45, 7) is 4.64. The zero-order valence-electron chi connectivity index (χ0n) is 30.0. The van der Waals surface area contributed by atoms with Crippen LogP contribution in [0.5, 0.6) is 0 Å². The van der Waals surface area contributed by atoms with Crippen molar-refractivity contribution in [2.24, 2.45) is 5.73 Å². The molecule has 0 aromatic rings. The smallest absolute Gasteiger partial charge is 0.457 e. The number of hydrogen-bond donors (Lipinski definition) is 2. The van der Waals surface area contributed by atoms with Crippen LogP contribution in [0.1, 0.15) is 149 Å². The third-order valence-electron chi connectivity index (χ3n) is 7.51. The van der Waals surface area contributed by atoms with Crippen molar-refractivity contribution in [3.63, 3.8) is 0 Å². The molecule has 274 valence electrons. The minimum Gasteiger partial charge on any atom is -0.457 e. The molecule has 0 aliphatic carbocycles. The largest absolute Gasteiger partial charge is 0.472 e. The summed E-state index contributed by atoms with van der Waals surface area (Å²) in [4.78, 5) is 22.3. The molecule has 0 fully saturated rings. The van der Waals surface area contributed by atoms with Gasteiger partial charge in [0.05, 0.1) is 19.8 Å². The second-order valence-corrected chi connectivity index (χ2v) is 13.5. The molecular formula is C38H70NO7P. The van der Waals surface area contributed by atoms with Gasteiger partial charge < -0.3 is 20.1 Å². The minimum absolute atomic E-state index is 0.0789. The molecule has 0 aliphatic heterocycles. The average Bonchev–Trinajstić information content (AvgIpc) is 3.06. The Balaban J connectivity index is 4.19. The number of unbranched alkanes of at least 4 members (excludes halogenated alkanes) is 14. The van der Waals surface area contributed by atoms with Gasteiger partial charge in [0.2, 0.25) is 0 Å². The predicted molar refractivity (Wildman–Crippen MR) is 196 cm³/mol. The van der Waals surface area contributed by atoms with Gasteiger partial charge in [-0.2, -0.15) is 0 Å². The van der Waals surface area contributed by atoms with Gasteiger partial charge in [-0.05, 0) is 44.9 Å². The van der Waals surface area contributed by atoms with Gasteiger partial charge in [0.15, 0.2) is 0 Å². The van der Waals surface area contributed by atoms with Crippen LogP contribution in [-0.2, 0) is 27.9 Å². The van der Waals surface area contributed by atoms with E-state index in [9.17, 15) is 14.3 Å². The number of phosphoric ester groups is 1. The van der Waals surface area contributed by atoms with Gasteiger partial charge in [-0.25, -0.2) is 4.57 Å². The number of hydrogen-bond acceptors (Lipinski definition) is 7. The van der Waals surface area contributed by atoms with Crippen molar-refractivity contribution in [2.45, 2.75) is 155 Å². The first-order valence-electron chi connectivity index (χ1n) is 18.6. The number of allylic oxidation sites excluding steroid dienone is 8. The Kier molecular flexibility index (Phi) is 34.6. The Morgan fingerprint density at radius 2 is 1.17 bits per heavy atom. The lowest BCUT2D eigenvalue weighted by Gasteiger charge is -2.20. The van der Waals surface area contributed by atoms with Crippen LogP contribution in [0.4, 0.5) is 0 Å². The third-order valence-corrected chi connectivity index (χ3v) is 8.49. The number of carbonyl (C=O) groups is 1. The van der Waals surface area contributed by atoms with E-state index in [-0.39, 0.29) is 32.3 Å². The van der Waals surface area contributed by atoms with Crippen LogP contribution in [0.25, 0.3) is 0 Å². The van der Waals surface area contributed by atoms with E-state index in [1.54, 1.807) is 0 Å². The second kappa shape index (κ2) is 35.8. The number of carbonyl (C=O) groups excluding carboxylic acids is 1. The standard InChI is InChI=1S/C38H70NO7P/c1-3-5-7-9-11-13-15-17-19-21-23-25-27-29-31-38(40)46-37(36-45-47(41,42)44-34-32-39)35-43-33-30-28-26-24-22-20-18-16-14-12-10-8-6-4-2/h6,8,12,14,18,20,24,26,37H,3-5,7,9-11,13,15-17,19,21-23,25,27-36,39H2,1-2H3,(H,41,42)/b8-6-,14-12-,20-18-,26-24-. The van der Waals surface area contributed by atoms with Crippen molar-refractivity contribution in [1.29, 1.82) is 0 Å². The van der Waals surface area contributed by atoms with E-state index in [2.05, 4.69) is 62.5 Å². The zero-order chi connectivity index (χ0) is 34.5. The van der Waals surface area contributed by atoms with E-state index >= 15 is 0 Å². The normalized spacial score (nSPS) is 14.2. The molecule has 0 spiro atoms. The molecule has 0 radical (unpaired) electrons. The number of ether oxygens (including phenoxy) is 2. The second-order valence-electron chi connectivity index (χ2n) is 12.1. The molecule has 0 heterocycles. The summed E-state index contributed by atoms with van der Waals surface area (Å²) in [5.41, 5.74) is 5.34. The highest BCUT2D eigenvalue weighted by molar-refractivity contribution is 7.47. The zero-order valence-corrected chi connectivity index (χ0v) is 30.9. The fraction of sp³-hybridized carbons (Fsp3) is 0.763. The maximum atomic E-state index is 12.5. The highest BCUT2D eigenvalue weighted by atomic mass is 31.2. The Labute approximate surface area is 288 Å². The molecule has 0 aromatic carbocycles. The van der Waals surface area contributed by atoms with Crippen molar-refractivity contribution in [2.75, 3.05) is 33.0 Å². The molecule has 8 nitrogen and oxygen atoms in total. The maximum Gasteiger partial charge on any atom is 0.472 e. The molecule has 0 aromatic heterocycles. The van der Waals surface area contributed by atoms with Crippen LogP contribution in [0.15, 0.2) is 48.6 Å².